The van der Waals surface area contributed by atoms with Crippen LogP contribution in [-0.4, -0.2) is 42.3 Å². The number of allylic oxidation sites excluding steroid dienone is 1. The van der Waals surface area contributed by atoms with Crippen LogP contribution in [0.1, 0.15) is 48.8 Å². The minimum atomic E-state index is -0.166. The molecule has 2 rings (SSSR count). The van der Waals surface area contributed by atoms with Gasteiger partial charge in [-0.2, -0.15) is 0 Å². The molecule has 1 heterocycles. The Balaban J connectivity index is 2.58. The highest BCUT2D eigenvalue weighted by molar-refractivity contribution is 6.19. The molecule has 8 heteroatoms. The number of guanidine groups is 1. The van der Waals surface area contributed by atoms with Gasteiger partial charge < -0.3 is 26.7 Å². The van der Waals surface area contributed by atoms with Gasteiger partial charge in [-0.3, -0.25) is 14.8 Å². The smallest absolute Gasteiger partial charge is 0.270 e. The summed E-state index contributed by atoms with van der Waals surface area (Å²) in [5, 5.41) is 6.28. The van der Waals surface area contributed by atoms with Gasteiger partial charge >= 0.3 is 0 Å². The van der Waals surface area contributed by atoms with Crippen molar-refractivity contribution < 1.29 is 4.79 Å². The van der Waals surface area contributed by atoms with Crippen LogP contribution >= 0.6 is 0 Å². The number of hydrogen-bond donors (Lipinski definition) is 4. The van der Waals surface area contributed by atoms with Crippen molar-refractivity contribution in [2.45, 2.75) is 32.7 Å². The topological polar surface area (TPSA) is 123 Å². The number of carbonyl (C=O) groups excluding carboxylic acids is 1. The van der Waals surface area contributed by atoms with E-state index in [1.165, 1.54) is 6.20 Å². The maximum atomic E-state index is 13.4. The second kappa shape index (κ2) is 12.3. The summed E-state index contributed by atoms with van der Waals surface area (Å²) in [5.74, 6) is -0.0898. The van der Waals surface area contributed by atoms with Crippen LogP contribution in [0.15, 0.2) is 65.8 Å². The summed E-state index contributed by atoms with van der Waals surface area (Å²) in [4.78, 5) is 21.8. The molecular weight excluding hydrogens is 414 g/mol. The molecular formula is C25H35N7O. The molecule has 0 saturated carbocycles. The molecule has 6 N–H and O–H groups in total. The molecule has 1 aromatic carbocycles. The van der Waals surface area contributed by atoms with E-state index in [1.54, 1.807) is 13.1 Å². The number of nitrogens with zero attached hydrogens (tertiary/aromatic N) is 3. The predicted octanol–water partition coefficient (Wildman–Crippen LogP) is 3.68. The number of hydrogen-bond acceptors (Lipinski definition) is 4. The lowest BCUT2D eigenvalue weighted by Gasteiger charge is -2.18. The summed E-state index contributed by atoms with van der Waals surface area (Å²) in [6.45, 7) is 12.8. The number of aromatic nitrogens is 1. The van der Waals surface area contributed by atoms with Crippen molar-refractivity contribution in [3.63, 3.8) is 0 Å². The highest BCUT2D eigenvalue weighted by Gasteiger charge is 2.30. The first kappa shape index (κ1) is 25.5. The second-order valence-electron chi connectivity index (χ2n) is 7.70. The summed E-state index contributed by atoms with van der Waals surface area (Å²) in [7, 11) is 1.80. The van der Waals surface area contributed by atoms with E-state index in [2.05, 4.69) is 47.6 Å². The van der Waals surface area contributed by atoms with Crippen LogP contribution < -0.4 is 22.1 Å². The number of carbonyl (C=O) groups is 1. The van der Waals surface area contributed by atoms with E-state index < -0.39 is 0 Å². The molecule has 1 amide bonds. The molecule has 0 unspecified atom stereocenters. The fourth-order valence-corrected chi connectivity index (χ4v) is 3.75. The number of aliphatic imine (C=N–C) groups is 2. The third-order valence-electron chi connectivity index (χ3n) is 5.08. The predicted molar refractivity (Wildman–Crippen MR) is 139 cm³/mol. The molecule has 8 nitrogen and oxygen atoms in total. The number of nitrogens with one attached hydrogen (secondary N) is 2. The fraction of sp³-hybridized carbons (Fsp3) is 0.320. The zero-order chi connectivity index (χ0) is 24.4. The molecule has 0 aliphatic carbocycles. The number of amides is 1. The van der Waals surface area contributed by atoms with Crippen LogP contribution in [0, 0.1) is 0 Å². The lowest BCUT2D eigenvalue weighted by atomic mass is 10.0. The van der Waals surface area contributed by atoms with Crippen molar-refractivity contribution in [3.05, 3.63) is 67.0 Å². The maximum Gasteiger partial charge on any atom is 0.270 e. The van der Waals surface area contributed by atoms with Gasteiger partial charge in [0, 0.05) is 37.9 Å². The number of nitrogens with two attached hydrogens (primary N) is 2. The lowest BCUT2D eigenvalue weighted by molar-refractivity contribution is 0.0943. The van der Waals surface area contributed by atoms with Gasteiger partial charge in [0.1, 0.15) is 5.69 Å². The molecule has 0 atom stereocenters. The van der Waals surface area contributed by atoms with E-state index in [4.69, 9.17) is 11.5 Å². The van der Waals surface area contributed by atoms with E-state index in [0.717, 1.165) is 29.7 Å². The lowest BCUT2D eigenvalue weighted by Crippen LogP contribution is -2.28. The molecule has 2 aromatic rings. The van der Waals surface area contributed by atoms with Crippen molar-refractivity contribution in [3.8, 4) is 11.3 Å². The van der Waals surface area contributed by atoms with Gasteiger partial charge in [0.2, 0.25) is 0 Å². The third kappa shape index (κ3) is 6.12. The van der Waals surface area contributed by atoms with Gasteiger partial charge in [0.05, 0.1) is 17.1 Å². The Hall–Kier alpha value is -3.81. The van der Waals surface area contributed by atoms with Crippen LogP contribution in [0.25, 0.3) is 11.3 Å². The Bertz CT molecular complexity index is 1030. The van der Waals surface area contributed by atoms with E-state index in [9.17, 15) is 4.79 Å². The van der Waals surface area contributed by atoms with Crippen LogP contribution in [0.2, 0.25) is 0 Å². The van der Waals surface area contributed by atoms with Crippen molar-refractivity contribution in [2.75, 3.05) is 25.5 Å². The van der Waals surface area contributed by atoms with Crippen LogP contribution in [0.4, 0.5) is 5.69 Å². The molecule has 33 heavy (non-hydrogen) atoms. The molecule has 1 aromatic heterocycles. The van der Waals surface area contributed by atoms with Crippen LogP contribution in [-0.2, 0) is 0 Å². The summed E-state index contributed by atoms with van der Waals surface area (Å²) in [6, 6.07) is 9.98. The zero-order valence-corrected chi connectivity index (χ0v) is 19.8. The number of anilines is 1. The van der Waals surface area contributed by atoms with Gasteiger partial charge in [-0.25, -0.2) is 0 Å². The number of unbranched alkanes of at least 4 members (excludes halogenated alkanes) is 1. The SMILES string of the molecule is C=CN=C(C=C)c1c(NC)c(C(=O)NCCCCN=C(N)N)n(C(C)C)c1-c1ccccc1. The Labute approximate surface area is 196 Å². The average molecular weight is 450 g/mol. The van der Waals surface area contributed by atoms with Crippen LogP contribution in [0.3, 0.4) is 0 Å². The summed E-state index contributed by atoms with van der Waals surface area (Å²) >= 11 is 0. The van der Waals surface area contributed by atoms with Crippen LogP contribution in [0.5, 0.6) is 0 Å². The highest BCUT2D eigenvalue weighted by atomic mass is 16.2. The molecule has 0 bridgehead atoms. The van der Waals surface area contributed by atoms with E-state index >= 15 is 0 Å². The summed E-state index contributed by atoms with van der Waals surface area (Å²) in [5.41, 5.74) is 15.3. The fourth-order valence-electron chi connectivity index (χ4n) is 3.75. The molecule has 0 saturated heterocycles. The monoisotopic (exact) mass is 449 g/mol. The van der Waals surface area contributed by atoms with Crippen molar-refractivity contribution in [2.24, 2.45) is 21.5 Å². The van der Waals surface area contributed by atoms with E-state index in [1.807, 2.05) is 34.9 Å². The Morgan fingerprint density at radius 3 is 2.42 bits per heavy atom. The molecule has 0 radical (unpaired) electrons. The first-order valence-electron chi connectivity index (χ1n) is 11.0. The maximum absolute atomic E-state index is 13.4. The Morgan fingerprint density at radius 2 is 1.88 bits per heavy atom. The van der Waals surface area contributed by atoms with Crippen molar-refractivity contribution in [1.29, 1.82) is 0 Å². The first-order chi connectivity index (χ1) is 15.9. The standard InChI is InChI=1S/C25H35N7O/c1-6-19(29-7-2)20-21(28-5)23(24(33)30-15-11-12-16-31-25(26)27)32(17(3)4)22(20)18-13-9-8-10-14-18/h6-10,13-14,17,28H,1-2,11-12,15-16H2,3-5H3,(H,30,33)(H4,26,27,31). The number of benzene rings is 1. The minimum Gasteiger partial charge on any atom is -0.386 e. The average Bonchev–Trinajstić information content (AvgIpc) is 3.15. The van der Waals surface area contributed by atoms with Gasteiger partial charge in [-0.05, 0) is 38.3 Å². The van der Waals surface area contributed by atoms with Crippen molar-refractivity contribution >= 4 is 23.3 Å². The quantitative estimate of drug-likeness (QED) is 0.224. The molecule has 176 valence electrons. The molecule has 0 aliphatic rings. The summed E-state index contributed by atoms with van der Waals surface area (Å²) in [6.07, 6.45) is 4.69. The van der Waals surface area contributed by atoms with Gasteiger partial charge in [0.15, 0.2) is 5.96 Å². The molecule has 0 aliphatic heterocycles. The van der Waals surface area contributed by atoms with E-state index in [-0.39, 0.29) is 17.9 Å². The van der Waals surface area contributed by atoms with E-state index in [0.29, 0.717) is 30.2 Å². The summed E-state index contributed by atoms with van der Waals surface area (Å²) < 4.78 is 2.05. The van der Waals surface area contributed by atoms with Gasteiger partial charge in [-0.1, -0.05) is 43.5 Å². The largest absolute Gasteiger partial charge is 0.386 e. The zero-order valence-electron chi connectivity index (χ0n) is 19.8. The molecule has 0 spiro atoms. The molecule has 0 fully saturated rings. The highest BCUT2D eigenvalue weighted by Crippen LogP contribution is 2.38. The third-order valence-corrected chi connectivity index (χ3v) is 5.08. The van der Waals surface area contributed by atoms with Gasteiger partial charge in [-0.15, -0.1) is 0 Å². The normalized spacial score (nSPS) is 11.2. The van der Waals surface area contributed by atoms with Gasteiger partial charge in [0.25, 0.3) is 5.91 Å². The minimum absolute atomic E-state index is 0.0125. The van der Waals surface area contributed by atoms with Crippen molar-refractivity contribution in [1.82, 2.24) is 9.88 Å². The Morgan fingerprint density at radius 1 is 1.18 bits per heavy atom. The Kier molecular flexibility index (Phi) is 9.47. The number of rotatable bonds is 12. The second-order valence-corrected chi connectivity index (χ2v) is 7.70. The first-order valence-corrected chi connectivity index (χ1v) is 11.0.